The molecule has 3 rings (SSSR count). The number of halogens is 2. The normalized spacial score (nSPS) is 10.2. The molecule has 184 valence electrons. The molecule has 0 fully saturated rings. The van der Waals surface area contributed by atoms with Gasteiger partial charge in [0.05, 0.1) is 11.3 Å². The maximum atomic E-state index is 14.2. The van der Waals surface area contributed by atoms with Crippen LogP contribution in [0.1, 0.15) is 22.5 Å². The number of nitriles is 1. The Morgan fingerprint density at radius 1 is 1.25 bits per heavy atom. The monoisotopic (exact) mass is 508 g/mol. The summed E-state index contributed by atoms with van der Waals surface area (Å²) in [5.74, 6) is -0.684. The van der Waals surface area contributed by atoms with E-state index in [0.717, 1.165) is 11.0 Å². The molecule has 36 heavy (non-hydrogen) atoms. The summed E-state index contributed by atoms with van der Waals surface area (Å²) in [6, 6.07) is 10.7. The number of pyridine rings is 1. The lowest BCUT2D eigenvalue weighted by Gasteiger charge is -2.18. The van der Waals surface area contributed by atoms with Crippen LogP contribution in [0.5, 0.6) is 0 Å². The minimum atomic E-state index is -0.559. The van der Waals surface area contributed by atoms with Crippen LogP contribution in [0.4, 0.5) is 27.5 Å². The predicted molar refractivity (Wildman–Crippen MR) is 134 cm³/mol. The third kappa shape index (κ3) is 6.74. The van der Waals surface area contributed by atoms with Gasteiger partial charge in [-0.05, 0) is 48.9 Å². The molecule has 2 amide bonds. The largest absolute Gasteiger partial charge is 0.352 e. The number of carbonyl (C=O) groups is 2. The Kier molecular flexibility index (Phi) is 8.85. The SMILES string of the molecule is C=CC(=O)N(C)c1cc(Nc2ccnc(N(Cl)CCCNC(=O)c3ccc(C#N)nc3)n2)ccc1F. The van der Waals surface area contributed by atoms with E-state index in [1.54, 1.807) is 6.07 Å². The zero-order valence-electron chi connectivity index (χ0n) is 19.3. The number of carbonyl (C=O) groups excluding carboxylic acids is 2. The zero-order chi connectivity index (χ0) is 26.1. The smallest absolute Gasteiger partial charge is 0.252 e. The zero-order valence-corrected chi connectivity index (χ0v) is 20.0. The van der Waals surface area contributed by atoms with Gasteiger partial charge >= 0.3 is 0 Å². The van der Waals surface area contributed by atoms with E-state index in [4.69, 9.17) is 17.0 Å². The van der Waals surface area contributed by atoms with Crippen molar-refractivity contribution in [2.75, 3.05) is 34.8 Å². The van der Waals surface area contributed by atoms with E-state index < -0.39 is 11.7 Å². The number of aromatic nitrogens is 3. The van der Waals surface area contributed by atoms with Crippen molar-refractivity contribution in [1.82, 2.24) is 20.3 Å². The van der Waals surface area contributed by atoms with Crippen LogP contribution in [0.2, 0.25) is 0 Å². The molecule has 0 saturated carbocycles. The summed E-state index contributed by atoms with van der Waals surface area (Å²) >= 11 is 6.31. The number of hydrogen-bond acceptors (Lipinski definition) is 8. The number of anilines is 4. The molecule has 1 aromatic carbocycles. The van der Waals surface area contributed by atoms with Crippen molar-refractivity contribution in [3.05, 3.63) is 78.5 Å². The van der Waals surface area contributed by atoms with Gasteiger partial charge in [0.25, 0.3) is 5.91 Å². The lowest BCUT2D eigenvalue weighted by molar-refractivity contribution is -0.113. The molecule has 0 aliphatic heterocycles. The summed E-state index contributed by atoms with van der Waals surface area (Å²) in [5.41, 5.74) is 1.16. The van der Waals surface area contributed by atoms with Gasteiger partial charge in [0.1, 0.15) is 23.4 Å². The van der Waals surface area contributed by atoms with E-state index in [9.17, 15) is 14.0 Å². The van der Waals surface area contributed by atoms with Crippen LogP contribution in [0, 0.1) is 17.1 Å². The van der Waals surface area contributed by atoms with Crippen molar-refractivity contribution in [2.24, 2.45) is 0 Å². The van der Waals surface area contributed by atoms with Gasteiger partial charge in [-0.25, -0.2) is 14.4 Å². The van der Waals surface area contributed by atoms with Crippen molar-refractivity contribution < 1.29 is 14.0 Å². The second-order valence-electron chi connectivity index (χ2n) is 7.37. The Morgan fingerprint density at radius 3 is 2.75 bits per heavy atom. The van der Waals surface area contributed by atoms with Crippen LogP contribution >= 0.6 is 11.8 Å². The van der Waals surface area contributed by atoms with E-state index in [-0.39, 0.29) is 23.2 Å². The fraction of sp³-hybridized carbons (Fsp3) is 0.167. The Balaban J connectivity index is 1.56. The molecule has 10 nitrogen and oxygen atoms in total. The summed E-state index contributed by atoms with van der Waals surface area (Å²) in [6.07, 6.45) is 4.46. The summed E-state index contributed by atoms with van der Waals surface area (Å²) in [4.78, 5) is 37.5. The number of benzene rings is 1. The molecule has 2 aromatic heterocycles. The molecule has 0 aliphatic carbocycles. The number of likely N-dealkylation sites (N-methyl/N-ethyl adjacent to an activating group) is 1. The average Bonchev–Trinajstić information content (AvgIpc) is 2.91. The molecule has 3 aromatic rings. The molecule has 2 heterocycles. The molecular formula is C24H22ClFN8O2. The molecule has 0 aliphatic rings. The number of nitrogens with one attached hydrogen (secondary N) is 2. The van der Waals surface area contributed by atoms with Crippen molar-refractivity contribution in [3.63, 3.8) is 0 Å². The first kappa shape index (κ1) is 26.1. The van der Waals surface area contributed by atoms with Gasteiger partial charge in [-0.2, -0.15) is 10.2 Å². The highest BCUT2D eigenvalue weighted by atomic mass is 35.5. The number of hydrogen-bond donors (Lipinski definition) is 2. The molecule has 2 N–H and O–H groups in total. The molecule has 0 atom stereocenters. The van der Waals surface area contributed by atoms with E-state index in [0.29, 0.717) is 36.6 Å². The predicted octanol–water partition coefficient (Wildman–Crippen LogP) is 3.56. The lowest BCUT2D eigenvalue weighted by atomic mass is 10.2. The van der Waals surface area contributed by atoms with E-state index in [2.05, 4.69) is 32.2 Å². The Bertz CT molecular complexity index is 1300. The van der Waals surface area contributed by atoms with Gasteiger partial charge in [0, 0.05) is 50.0 Å². The highest BCUT2D eigenvalue weighted by molar-refractivity contribution is 6.25. The van der Waals surface area contributed by atoms with Gasteiger partial charge in [0.15, 0.2) is 0 Å². The fourth-order valence-electron chi connectivity index (χ4n) is 3.00. The van der Waals surface area contributed by atoms with E-state index in [1.165, 1.54) is 54.2 Å². The molecule has 0 radical (unpaired) electrons. The Labute approximate surface area is 212 Å². The lowest BCUT2D eigenvalue weighted by Crippen LogP contribution is -2.27. The van der Waals surface area contributed by atoms with E-state index >= 15 is 0 Å². The van der Waals surface area contributed by atoms with Crippen LogP contribution in [0.3, 0.4) is 0 Å². The first-order valence-corrected chi connectivity index (χ1v) is 11.0. The van der Waals surface area contributed by atoms with Crippen molar-refractivity contribution in [1.29, 1.82) is 5.26 Å². The standard InChI is InChI=1S/C24H22ClFN8O2/c1-3-22(35)33(2)20-13-17(7-8-19(20)26)31-21-9-11-29-24(32-21)34(25)12-4-10-28-23(36)16-5-6-18(14-27)30-15-16/h3,5-9,11,13,15H,1,4,10,12H2,2H3,(H,28,36)(H,29,31,32). The van der Waals surface area contributed by atoms with Gasteiger partial charge in [-0.3, -0.25) is 14.0 Å². The maximum Gasteiger partial charge on any atom is 0.252 e. The van der Waals surface area contributed by atoms with Crippen molar-refractivity contribution in [2.45, 2.75) is 6.42 Å². The summed E-state index contributed by atoms with van der Waals surface area (Å²) in [5, 5.41) is 14.6. The number of amides is 2. The van der Waals surface area contributed by atoms with Crippen molar-refractivity contribution in [3.8, 4) is 6.07 Å². The van der Waals surface area contributed by atoms with Gasteiger partial charge in [-0.15, -0.1) is 0 Å². The summed E-state index contributed by atoms with van der Waals surface area (Å²) in [7, 11) is 1.45. The highest BCUT2D eigenvalue weighted by Gasteiger charge is 2.14. The Morgan fingerprint density at radius 2 is 2.06 bits per heavy atom. The molecule has 12 heteroatoms. The number of nitrogens with zero attached hydrogens (tertiary/aromatic N) is 6. The third-order valence-corrected chi connectivity index (χ3v) is 5.22. The third-order valence-electron chi connectivity index (χ3n) is 4.90. The van der Waals surface area contributed by atoms with Crippen LogP contribution in [0.15, 0.2) is 61.4 Å². The first-order chi connectivity index (χ1) is 17.3. The maximum absolute atomic E-state index is 14.2. The van der Waals surface area contributed by atoms with Gasteiger partial charge in [0.2, 0.25) is 11.9 Å². The van der Waals surface area contributed by atoms with Gasteiger partial charge in [-0.1, -0.05) is 6.58 Å². The van der Waals surface area contributed by atoms with Crippen LogP contribution in [-0.4, -0.2) is 46.9 Å². The van der Waals surface area contributed by atoms with Crippen LogP contribution < -0.4 is 20.0 Å². The molecule has 0 bridgehead atoms. The van der Waals surface area contributed by atoms with Gasteiger partial charge < -0.3 is 15.5 Å². The summed E-state index contributed by atoms with van der Waals surface area (Å²) < 4.78 is 15.5. The minimum Gasteiger partial charge on any atom is -0.352 e. The Hall–Kier alpha value is -4.56. The highest BCUT2D eigenvalue weighted by Crippen LogP contribution is 2.25. The van der Waals surface area contributed by atoms with Crippen LogP contribution in [-0.2, 0) is 4.79 Å². The first-order valence-electron chi connectivity index (χ1n) is 10.7. The molecular weight excluding hydrogens is 487 g/mol. The molecule has 0 spiro atoms. The van der Waals surface area contributed by atoms with E-state index in [1.807, 2.05) is 6.07 Å². The molecule has 0 saturated heterocycles. The minimum absolute atomic E-state index is 0.0805. The average molecular weight is 509 g/mol. The topological polar surface area (TPSA) is 127 Å². The summed E-state index contributed by atoms with van der Waals surface area (Å²) in [6.45, 7) is 4.09. The number of rotatable bonds is 10. The second kappa shape index (κ2) is 12.2. The second-order valence-corrected chi connectivity index (χ2v) is 7.78. The quantitative estimate of drug-likeness (QED) is 0.242. The van der Waals surface area contributed by atoms with Crippen LogP contribution in [0.25, 0.3) is 0 Å². The van der Waals surface area contributed by atoms with Crippen molar-refractivity contribution >= 4 is 46.7 Å². The fourth-order valence-corrected chi connectivity index (χ4v) is 3.20. The molecule has 0 unspecified atom stereocenters.